The van der Waals surface area contributed by atoms with Gasteiger partial charge in [-0.05, 0) is 25.0 Å². The zero-order valence-electron chi connectivity index (χ0n) is 11.0. The number of pyridine rings is 1. The van der Waals surface area contributed by atoms with Crippen molar-refractivity contribution in [3.63, 3.8) is 0 Å². The van der Waals surface area contributed by atoms with E-state index in [0.29, 0.717) is 18.7 Å². The summed E-state index contributed by atoms with van der Waals surface area (Å²) in [5.74, 6) is -0.186. The number of aliphatic hydroxyl groups is 1. The summed E-state index contributed by atoms with van der Waals surface area (Å²) in [4.78, 5) is 25.8. The second kappa shape index (κ2) is 5.09. The zero-order chi connectivity index (χ0) is 14.1. The largest absolute Gasteiger partial charge is 0.391 e. The van der Waals surface area contributed by atoms with Crippen LogP contribution in [-0.2, 0) is 11.3 Å². The number of hydrogen-bond acceptors (Lipinski definition) is 4. The number of hydrogen-bond donors (Lipinski definition) is 1. The van der Waals surface area contributed by atoms with Gasteiger partial charge in [-0.1, -0.05) is 6.07 Å². The summed E-state index contributed by atoms with van der Waals surface area (Å²) >= 11 is 0. The first-order valence-corrected chi connectivity index (χ1v) is 6.65. The van der Waals surface area contributed by atoms with Crippen LogP contribution < -0.4 is 5.69 Å². The molecule has 7 heteroatoms. The molecule has 2 aromatic heterocycles. The molecule has 0 spiro atoms. The quantitative estimate of drug-likeness (QED) is 0.800. The Bertz CT molecular complexity index is 690. The molecule has 106 valence electrons. The van der Waals surface area contributed by atoms with Crippen LogP contribution >= 0.6 is 0 Å². The van der Waals surface area contributed by atoms with Crippen LogP contribution in [0.4, 0.5) is 0 Å². The summed E-state index contributed by atoms with van der Waals surface area (Å²) < 4.78 is 2.57. The van der Waals surface area contributed by atoms with Gasteiger partial charge in [0.05, 0.1) is 6.10 Å². The number of carbonyl (C=O) groups is 1. The molecule has 1 aliphatic heterocycles. The van der Waals surface area contributed by atoms with Gasteiger partial charge in [-0.15, -0.1) is 5.10 Å². The minimum Gasteiger partial charge on any atom is -0.391 e. The second-order valence-corrected chi connectivity index (χ2v) is 5.00. The lowest BCUT2D eigenvalue weighted by Crippen LogP contribution is -2.44. The number of fused-ring (bicyclic) bond motifs is 1. The first-order chi connectivity index (χ1) is 9.65. The molecule has 1 atom stereocenters. The average Bonchev–Trinajstić information content (AvgIpc) is 2.76. The Morgan fingerprint density at radius 3 is 3.05 bits per heavy atom. The van der Waals surface area contributed by atoms with Crippen LogP contribution in [0.2, 0.25) is 0 Å². The van der Waals surface area contributed by atoms with Crippen molar-refractivity contribution in [3.05, 3.63) is 34.9 Å². The monoisotopic (exact) mass is 276 g/mol. The highest BCUT2D eigenvalue weighted by atomic mass is 16.3. The molecule has 1 amide bonds. The van der Waals surface area contributed by atoms with Gasteiger partial charge in [0.25, 0.3) is 0 Å². The van der Waals surface area contributed by atoms with Crippen molar-refractivity contribution in [1.82, 2.24) is 19.1 Å². The Morgan fingerprint density at radius 2 is 2.30 bits per heavy atom. The number of β-amino-alcohol motifs (C(OH)–C–C–N with tert-alkyl or cyclic N) is 1. The lowest BCUT2D eigenvalue weighted by atomic mass is 10.1. The van der Waals surface area contributed by atoms with Gasteiger partial charge in [-0.25, -0.2) is 9.48 Å². The molecular weight excluding hydrogens is 260 g/mol. The van der Waals surface area contributed by atoms with E-state index in [-0.39, 0.29) is 18.1 Å². The molecule has 0 saturated carbocycles. The second-order valence-electron chi connectivity index (χ2n) is 5.00. The van der Waals surface area contributed by atoms with E-state index in [1.165, 1.54) is 9.08 Å². The van der Waals surface area contributed by atoms with Gasteiger partial charge in [0.1, 0.15) is 6.54 Å². The van der Waals surface area contributed by atoms with Crippen LogP contribution in [0.1, 0.15) is 12.8 Å². The number of nitrogens with zero attached hydrogens (tertiary/aromatic N) is 4. The first kappa shape index (κ1) is 12.9. The van der Waals surface area contributed by atoms with Gasteiger partial charge in [-0.2, -0.15) is 0 Å². The molecule has 0 radical (unpaired) electrons. The number of likely N-dealkylation sites (tertiary alicyclic amines) is 1. The molecule has 0 aliphatic carbocycles. The number of amides is 1. The van der Waals surface area contributed by atoms with E-state index in [4.69, 9.17) is 0 Å². The lowest BCUT2D eigenvalue weighted by Gasteiger charge is -2.29. The van der Waals surface area contributed by atoms with E-state index >= 15 is 0 Å². The Morgan fingerprint density at radius 1 is 1.45 bits per heavy atom. The highest BCUT2D eigenvalue weighted by Crippen LogP contribution is 2.10. The van der Waals surface area contributed by atoms with Crippen LogP contribution in [-0.4, -0.2) is 49.3 Å². The van der Waals surface area contributed by atoms with Gasteiger partial charge in [0, 0.05) is 19.3 Å². The van der Waals surface area contributed by atoms with E-state index in [0.717, 1.165) is 12.8 Å². The molecule has 0 aromatic carbocycles. The van der Waals surface area contributed by atoms with Gasteiger partial charge < -0.3 is 10.0 Å². The Labute approximate surface area is 115 Å². The van der Waals surface area contributed by atoms with E-state index in [2.05, 4.69) is 5.10 Å². The van der Waals surface area contributed by atoms with E-state index < -0.39 is 6.10 Å². The molecule has 7 nitrogen and oxygen atoms in total. The molecule has 1 unspecified atom stereocenters. The molecule has 1 aliphatic rings. The molecule has 2 aromatic rings. The number of rotatable bonds is 2. The Balaban J connectivity index is 1.80. The van der Waals surface area contributed by atoms with Crippen molar-refractivity contribution >= 4 is 11.6 Å². The maximum atomic E-state index is 12.1. The van der Waals surface area contributed by atoms with E-state index in [1.807, 2.05) is 0 Å². The van der Waals surface area contributed by atoms with Crippen molar-refractivity contribution in [2.45, 2.75) is 25.5 Å². The molecule has 1 fully saturated rings. The third-order valence-electron chi connectivity index (χ3n) is 3.52. The standard InChI is InChI=1S/C13H16N4O3/c18-10-4-3-6-15(8-10)12(19)9-17-13(20)16-7-2-1-5-11(16)14-17/h1-2,5,7,10,18H,3-4,6,8-9H2. The number of aliphatic hydroxyl groups excluding tert-OH is 1. The number of carbonyl (C=O) groups excluding carboxylic acids is 1. The predicted octanol–water partition coefficient (Wildman–Crippen LogP) is -0.521. The number of piperidine rings is 1. The fraction of sp³-hybridized carbons (Fsp3) is 0.462. The van der Waals surface area contributed by atoms with Crippen LogP contribution in [0.15, 0.2) is 29.2 Å². The molecule has 0 bridgehead atoms. The lowest BCUT2D eigenvalue weighted by molar-refractivity contribution is -0.135. The summed E-state index contributed by atoms with van der Waals surface area (Å²) in [7, 11) is 0. The minimum absolute atomic E-state index is 0.0900. The predicted molar refractivity (Wildman–Crippen MR) is 71.3 cm³/mol. The molecule has 3 heterocycles. The normalized spacial score (nSPS) is 19.4. The summed E-state index contributed by atoms with van der Waals surface area (Å²) in [6, 6.07) is 5.24. The first-order valence-electron chi connectivity index (χ1n) is 6.65. The highest BCUT2D eigenvalue weighted by Gasteiger charge is 2.23. The fourth-order valence-corrected chi connectivity index (χ4v) is 2.48. The smallest absolute Gasteiger partial charge is 0.350 e. The Kier molecular flexibility index (Phi) is 3.27. The summed E-state index contributed by atoms with van der Waals surface area (Å²) in [6.07, 6.45) is 2.66. The van der Waals surface area contributed by atoms with Crippen LogP contribution in [0.25, 0.3) is 5.65 Å². The molecular formula is C13H16N4O3. The topological polar surface area (TPSA) is 79.8 Å². The van der Waals surface area contributed by atoms with Crippen LogP contribution in [0.3, 0.4) is 0 Å². The SMILES string of the molecule is O=C(Cn1nc2ccccn2c1=O)N1CCCC(O)C1. The zero-order valence-corrected chi connectivity index (χ0v) is 11.0. The van der Waals surface area contributed by atoms with E-state index in [1.54, 1.807) is 29.3 Å². The van der Waals surface area contributed by atoms with Crippen molar-refractivity contribution in [2.24, 2.45) is 0 Å². The maximum Gasteiger partial charge on any atom is 0.350 e. The molecule has 1 saturated heterocycles. The van der Waals surface area contributed by atoms with Crippen molar-refractivity contribution in [1.29, 1.82) is 0 Å². The van der Waals surface area contributed by atoms with E-state index in [9.17, 15) is 14.7 Å². The van der Waals surface area contributed by atoms with Gasteiger partial charge in [-0.3, -0.25) is 9.20 Å². The fourth-order valence-electron chi connectivity index (χ4n) is 2.48. The summed E-state index contributed by atoms with van der Waals surface area (Å²) in [5, 5.41) is 13.7. The molecule has 20 heavy (non-hydrogen) atoms. The third kappa shape index (κ3) is 2.32. The van der Waals surface area contributed by atoms with Crippen LogP contribution in [0.5, 0.6) is 0 Å². The van der Waals surface area contributed by atoms with Gasteiger partial charge in [0.2, 0.25) is 5.91 Å². The number of aromatic nitrogens is 3. The van der Waals surface area contributed by atoms with Crippen molar-refractivity contribution in [2.75, 3.05) is 13.1 Å². The summed E-state index contributed by atoms with van der Waals surface area (Å²) in [6.45, 7) is 0.867. The molecule has 3 rings (SSSR count). The van der Waals surface area contributed by atoms with Crippen molar-refractivity contribution in [3.8, 4) is 0 Å². The summed E-state index contributed by atoms with van der Waals surface area (Å²) in [5.41, 5.74) is 0.190. The maximum absolute atomic E-state index is 12.1. The van der Waals surface area contributed by atoms with Crippen LogP contribution in [0, 0.1) is 0 Å². The van der Waals surface area contributed by atoms with Gasteiger partial charge >= 0.3 is 5.69 Å². The molecule has 1 N–H and O–H groups in total. The third-order valence-corrected chi connectivity index (χ3v) is 3.52. The Hall–Kier alpha value is -2.15. The minimum atomic E-state index is -0.467. The van der Waals surface area contributed by atoms with Gasteiger partial charge in [0.15, 0.2) is 5.65 Å². The average molecular weight is 276 g/mol. The highest BCUT2D eigenvalue weighted by molar-refractivity contribution is 5.76. The van der Waals surface area contributed by atoms with Crippen molar-refractivity contribution < 1.29 is 9.90 Å².